The van der Waals surface area contributed by atoms with Crippen LogP contribution in [0.15, 0.2) is 53.6 Å². The minimum atomic E-state index is -0.542. The molecule has 7 nitrogen and oxygen atoms in total. The van der Waals surface area contributed by atoms with Gasteiger partial charge in [0.15, 0.2) is 0 Å². The second kappa shape index (κ2) is 6.56. The molecular weight excluding hydrogens is 320 g/mol. The monoisotopic (exact) mass is 336 g/mol. The van der Waals surface area contributed by atoms with Crippen LogP contribution >= 0.6 is 0 Å². The third-order valence-corrected chi connectivity index (χ3v) is 4.13. The Morgan fingerprint density at radius 1 is 1.24 bits per heavy atom. The van der Waals surface area contributed by atoms with Gasteiger partial charge in [0, 0.05) is 46.9 Å². The van der Waals surface area contributed by atoms with Gasteiger partial charge in [-0.2, -0.15) is 5.10 Å². The summed E-state index contributed by atoms with van der Waals surface area (Å²) in [7, 11) is 1.97. The number of nitro benzene ring substituents is 1. The Labute approximate surface area is 143 Å². The molecule has 1 amide bonds. The molecular formula is C18H16N4O3. The molecule has 0 spiro atoms. The Kier molecular flexibility index (Phi) is 4.30. The number of hydrazone groups is 1. The van der Waals surface area contributed by atoms with Crippen LogP contribution < -0.4 is 5.43 Å². The quantitative estimate of drug-likeness (QED) is 0.451. The molecule has 3 aromatic rings. The first kappa shape index (κ1) is 16.4. The summed E-state index contributed by atoms with van der Waals surface area (Å²) in [5.74, 6) is -0.502. The van der Waals surface area contributed by atoms with Crippen molar-refractivity contribution < 1.29 is 9.72 Å². The summed E-state index contributed by atoms with van der Waals surface area (Å²) in [6.45, 7) is 1.98. The maximum absolute atomic E-state index is 12.1. The lowest BCUT2D eigenvalue weighted by Gasteiger charge is -2.00. The molecule has 2 aromatic carbocycles. The fourth-order valence-corrected chi connectivity index (χ4v) is 2.69. The molecule has 7 heteroatoms. The van der Waals surface area contributed by atoms with E-state index in [9.17, 15) is 14.9 Å². The minimum absolute atomic E-state index is 0.137. The Balaban J connectivity index is 1.82. The van der Waals surface area contributed by atoms with E-state index < -0.39 is 10.8 Å². The zero-order chi connectivity index (χ0) is 18.0. The van der Waals surface area contributed by atoms with Gasteiger partial charge in [-0.05, 0) is 19.1 Å². The lowest BCUT2D eigenvalue weighted by atomic mass is 10.1. The highest BCUT2D eigenvalue weighted by molar-refractivity contribution is 6.02. The fraction of sp³-hybridized carbons (Fsp3) is 0.111. The van der Waals surface area contributed by atoms with Crippen molar-refractivity contribution in [2.75, 3.05) is 0 Å². The number of aromatic nitrogens is 1. The molecule has 0 aliphatic rings. The van der Waals surface area contributed by atoms with E-state index in [1.807, 2.05) is 38.2 Å². The molecule has 0 radical (unpaired) electrons. The number of nitrogens with one attached hydrogen (secondary N) is 1. The van der Waals surface area contributed by atoms with Gasteiger partial charge in [-0.3, -0.25) is 14.9 Å². The first-order valence-electron chi connectivity index (χ1n) is 7.61. The van der Waals surface area contributed by atoms with Crippen molar-refractivity contribution in [3.8, 4) is 0 Å². The second-order valence-corrected chi connectivity index (χ2v) is 5.58. The van der Waals surface area contributed by atoms with Gasteiger partial charge in [-0.1, -0.05) is 24.3 Å². The zero-order valence-electron chi connectivity index (χ0n) is 13.8. The molecule has 0 fully saturated rings. The highest BCUT2D eigenvalue weighted by atomic mass is 16.6. The number of amides is 1. The van der Waals surface area contributed by atoms with Crippen molar-refractivity contribution >= 4 is 28.7 Å². The number of hydrogen-bond acceptors (Lipinski definition) is 4. The van der Waals surface area contributed by atoms with E-state index >= 15 is 0 Å². The van der Waals surface area contributed by atoms with Crippen LogP contribution in [-0.4, -0.2) is 21.6 Å². The number of non-ortho nitro benzene ring substituents is 1. The van der Waals surface area contributed by atoms with E-state index in [0.717, 1.165) is 22.2 Å². The molecule has 0 saturated carbocycles. The van der Waals surface area contributed by atoms with Gasteiger partial charge in [0.25, 0.3) is 11.6 Å². The molecule has 126 valence electrons. The van der Waals surface area contributed by atoms with Crippen LogP contribution in [0.5, 0.6) is 0 Å². The molecule has 3 rings (SSSR count). The zero-order valence-corrected chi connectivity index (χ0v) is 13.8. The molecule has 0 bridgehead atoms. The SMILES string of the molecule is Cc1c(/C=N\NC(=O)c2cccc([N+](=O)[O-])c2)c2ccccc2n1C. The number of benzene rings is 2. The topological polar surface area (TPSA) is 89.5 Å². The summed E-state index contributed by atoms with van der Waals surface area (Å²) in [5.41, 5.74) is 5.47. The number of nitrogens with zero attached hydrogens (tertiary/aromatic N) is 3. The summed E-state index contributed by atoms with van der Waals surface area (Å²) in [5, 5.41) is 15.8. The van der Waals surface area contributed by atoms with Crippen LogP contribution in [0.1, 0.15) is 21.6 Å². The Morgan fingerprint density at radius 3 is 2.76 bits per heavy atom. The van der Waals surface area contributed by atoms with E-state index in [0.29, 0.717) is 0 Å². The van der Waals surface area contributed by atoms with Gasteiger partial charge in [-0.15, -0.1) is 0 Å². The van der Waals surface area contributed by atoms with E-state index in [4.69, 9.17) is 0 Å². The van der Waals surface area contributed by atoms with Crippen LogP contribution in [0.4, 0.5) is 5.69 Å². The summed E-state index contributed by atoms with van der Waals surface area (Å²) in [6.07, 6.45) is 1.59. The van der Waals surface area contributed by atoms with Gasteiger partial charge >= 0.3 is 0 Å². The molecule has 1 N–H and O–H groups in total. The van der Waals surface area contributed by atoms with Crippen molar-refractivity contribution in [3.05, 3.63) is 75.5 Å². The summed E-state index contributed by atoms with van der Waals surface area (Å²) in [6, 6.07) is 13.4. The smallest absolute Gasteiger partial charge is 0.271 e. The molecule has 0 aliphatic heterocycles. The number of fused-ring (bicyclic) bond motifs is 1. The number of hydrogen-bond donors (Lipinski definition) is 1. The molecule has 0 atom stereocenters. The number of para-hydroxylation sites is 1. The second-order valence-electron chi connectivity index (χ2n) is 5.58. The van der Waals surface area contributed by atoms with Gasteiger partial charge in [0.2, 0.25) is 0 Å². The maximum Gasteiger partial charge on any atom is 0.271 e. The summed E-state index contributed by atoms with van der Waals surface area (Å²) >= 11 is 0. The molecule has 0 unspecified atom stereocenters. The predicted octanol–water partition coefficient (Wildman–Crippen LogP) is 3.16. The maximum atomic E-state index is 12.1. The number of carbonyl (C=O) groups excluding carboxylic acids is 1. The highest BCUT2D eigenvalue weighted by Crippen LogP contribution is 2.23. The molecule has 1 heterocycles. The van der Waals surface area contributed by atoms with Gasteiger partial charge < -0.3 is 4.57 Å². The van der Waals surface area contributed by atoms with E-state index in [2.05, 4.69) is 15.1 Å². The third-order valence-electron chi connectivity index (χ3n) is 4.13. The van der Waals surface area contributed by atoms with Crippen molar-refractivity contribution in [2.24, 2.45) is 12.1 Å². The number of aryl methyl sites for hydroxylation is 1. The molecule has 0 saturated heterocycles. The van der Waals surface area contributed by atoms with Crippen LogP contribution in [-0.2, 0) is 7.05 Å². The van der Waals surface area contributed by atoms with Crippen molar-refractivity contribution in [1.29, 1.82) is 0 Å². The highest BCUT2D eigenvalue weighted by Gasteiger charge is 2.12. The standard InChI is InChI=1S/C18H16N4O3/c1-12-16(15-8-3-4-9-17(15)21(12)2)11-19-20-18(23)13-6-5-7-14(10-13)22(24)25/h3-11H,1-2H3,(H,20,23)/b19-11-. The van der Waals surface area contributed by atoms with E-state index in [1.165, 1.54) is 24.3 Å². The molecule has 0 aliphatic carbocycles. The van der Waals surface area contributed by atoms with E-state index in [1.54, 1.807) is 6.21 Å². The minimum Gasteiger partial charge on any atom is -0.347 e. The third kappa shape index (κ3) is 3.12. The lowest BCUT2D eigenvalue weighted by Crippen LogP contribution is -2.17. The van der Waals surface area contributed by atoms with Crippen LogP contribution in [0.25, 0.3) is 10.9 Å². The first-order chi connectivity index (χ1) is 12.0. The number of nitro groups is 1. The number of rotatable bonds is 4. The van der Waals surface area contributed by atoms with Gasteiger partial charge in [0.05, 0.1) is 11.1 Å². The Hall–Kier alpha value is -3.48. The first-order valence-corrected chi connectivity index (χ1v) is 7.61. The normalized spacial score (nSPS) is 11.1. The number of carbonyl (C=O) groups is 1. The largest absolute Gasteiger partial charge is 0.347 e. The van der Waals surface area contributed by atoms with Crippen LogP contribution in [0.3, 0.4) is 0 Å². The Morgan fingerprint density at radius 2 is 2.00 bits per heavy atom. The summed E-state index contributed by atoms with van der Waals surface area (Å²) in [4.78, 5) is 22.3. The summed E-state index contributed by atoms with van der Waals surface area (Å²) < 4.78 is 2.05. The average Bonchev–Trinajstić information content (AvgIpc) is 2.87. The Bertz CT molecular complexity index is 1000. The van der Waals surface area contributed by atoms with Gasteiger partial charge in [0.1, 0.15) is 0 Å². The van der Waals surface area contributed by atoms with Crippen molar-refractivity contribution in [2.45, 2.75) is 6.92 Å². The van der Waals surface area contributed by atoms with Crippen LogP contribution in [0, 0.1) is 17.0 Å². The molecule has 1 aromatic heterocycles. The fourth-order valence-electron chi connectivity index (χ4n) is 2.69. The van der Waals surface area contributed by atoms with Crippen LogP contribution in [0.2, 0.25) is 0 Å². The molecule has 25 heavy (non-hydrogen) atoms. The van der Waals surface area contributed by atoms with Crippen molar-refractivity contribution in [1.82, 2.24) is 9.99 Å². The van der Waals surface area contributed by atoms with Gasteiger partial charge in [-0.25, -0.2) is 5.43 Å². The average molecular weight is 336 g/mol. The van der Waals surface area contributed by atoms with E-state index in [-0.39, 0.29) is 11.3 Å². The predicted molar refractivity (Wildman–Crippen MR) is 95.8 cm³/mol. The lowest BCUT2D eigenvalue weighted by molar-refractivity contribution is -0.384. The van der Waals surface area contributed by atoms with Crippen molar-refractivity contribution in [3.63, 3.8) is 0 Å².